The van der Waals surface area contributed by atoms with Crippen LogP contribution in [0.2, 0.25) is 0 Å². The number of hydrogen-bond acceptors (Lipinski definition) is 10. The number of hydrogen-bond donors (Lipinski definition) is 7. The molecule has 0 aromatic heterocycles. The average Bonchev–Trinajstić information content (AvgIpc) is 2.96. The number of rotatable bonds is 4. The Morgan fingerprint density at radius 2 is 1.67 bits per heavy atom. The van der Waals surface area contributed by atoms with Crippen LogP contribution in [0.15, 0.2) is 0 Å². The third-order valence-electron chi connectivity index (χ3n) is 11.1. The summed E-state index contributed by atoms with van der Waals surface area (Å²) in [6.07, 6.45) is -6.74. The van der Waals surface area contributed by atoms with Crippen LogP contribution in [0.3, 0.4) is 0 Å². The summed E-state index contributed by atoms with van der Waals surface area (Å²) >= 11 is 0. The van der Waals surface area contributed by atoms with Gasteiger partial charge in [0.2, 0.25) is 0 Å². The average molecular weight is 515 g/mol. The van der Waals surface area contributed by atoms with Crippen LogP contribution in [0.25, 0.3) is 0 Å². The van der Waals surface area contributed by atoms with Crippen molar-refractivity contribution in [2.75, 3.05) is 13.2 Å². The first-order chi connectivity index (χ1) is 16.8. The Balaban J connectivity index is 1.42. The standard InChI is InChI=1S/C26H42O10/c1-11-17-12(28)7-15-25(3)6-4-5-24(2,14(25)8-16(29)26(15,21(11)33)22(17)34)10-35-23-20(32)19(31)18(30)13(9-27)36-23/h11-20,22-23,27-32,34H,4-10H2,1-3H3. The highest BCUT2D eigenvalue weighted by atomic mass is 16.7. The number of aliphatic hydroxyl groups excluding tert-OH is 7. The van der Waals surface area contributed by atoms with Crippen molar-refractivity contribution in [2.24, 2.45) is 39.9 Å². The van der Waals surface area contributed by atoms with Gasteiger partial charge in [0, 0.05) is 11.8 Å². The summed E-state index contributed by atoms with van der Waals surface area (Å²) < 4.78 is 11.5. The summed E-state index contributed by atoms with van der Waals surface area (Å²) in [5.41, 5.74) is -2.21. The van der Waals surface area contributed by atoms with Crippen LogP contribution in [0.4, 0.5) is 0 Å². The molecule has 15 unspecified atom stereocenters. The number of aliphatic hydroxyl groups is 7. The first kappa shape index (κ1) is 26.9. The van der Waals surface area contributed by atoms with E-state index in [-0.39, 0.29) is 24.2 Å². The first-order valence-corrected chi connectivity index (χ1v) is 13.3. The summed E-state index contributed by atoms with van der Waals surface area (Å²) in [6, 6.07) is 0. The Morgan fingerprint density at radius 1 is 0.972 bits per heavy atom. The molecule has 206 valence electrons. The lowest BCUT2D eigenvalue weighted by atomic mass is 9.39. The Morgan fingerprint density at radius 3 is 2.33 bits per heavy atom. The van der Waals surface area contributed by atoms with Gasteiger partial charge >= 0.3 is 0 Å². The molecule has 7 N–H and O–H groups in total. The maximum absolute atomic E-state index is 13.6. The maximum Gasteiger partial charge on any atom is 0.186 e. The Bertz CT molecular complexity index is 868. The molecule has 1 aliphatic heterocycles. The number of carbonyl (C=O) groups is 1. The lowest BCUT2D eigenvalue weighted by molar-refractivity contribution is -0.312. The molecule has 5 rings (SSSR count). The van der Waals surface area contributed by atoms with Crippen LogP contribution >= 0.6 is 0 Å². The molecule has 4 saturated carbocycles. The number of ketones is 1. The van der Waals surface area contributed by atoms with E-state index in [9.17, 15) is 40.5 Å². The zero-order valence-electron chi connectivity index (χ0n) is 21.2. The molecule has 5 fully saturated rings. The number of carbonyl (C=O) groups excluding carboxylic acids is 1. The highest BCUT2D eigenvalue weighted by Crippen LogP contribution is 2.71. The largest absolute Gasteiger partial charge is 0.394 e. The van der Waals surface area contributed by atoms with Crippen molar-refractivity contribution >= 4 is 5.78 Å². The van der Waals surface area contributed by atoms with Crippen LogP contribution in [0.5, 0.6) is 0 Å². The van der Waals surface area contributed by atoms with E-state index >= 15 is 0 Å². The van der Waals surface area contributed by atoms with Gasteiger partial charge in [-0.2, -0.15) is 0 Å². The molecule has 0 radical (unpaired) electrons. The van der Waals surface area contributed by atoms with E-state index in [2.05, 4.69) is 6.92 Å². The summed E-state index contributed by atoms with van der Waals surface area (Å²) in [7, 11) is 0. The van der Waals surface area contributed by atoms with E-state index in [1.54, 1.807) is 6.92 Å². The highest BCUT2D eigenvalue weighted by molar-refractivity contribution is 5.92. The molecular weight excluding hydrogens is 472 g/mol. The van der Waals surface area contributed by atoms with Crippen LogP contribution in [-0.2, 0) is 14.3 Å². The summed E-state index contributed by atoms with van der Waals surface area (Å²) in [4.78, 5) is 13.6. The normalized spacial score (nSPS) is 58.9. The number of ether oxygens (including phenoxy) is 2. The minimum absolute atomic E-state index is 0.103. The predicted molar refractivity (Wildman–Crippen MR) is 124 cm³/mol. The second kappa shape index (κ2) is 8.93. The molecule has 2 bridgehead atoms. The van der Waals surface area contributed by atoms with Gasteiger partial charge in [-0.3, -0.25) is 4.79 Å². The van der Waals surface area contributed by atoms with Gasteiger partial charge in [-0.15, -0.1) is 0 Å². The topological polar surface area (TPSA) is 177 Å². The van der Waals surface area contributed by atoms with Crippen molar-refractivity contribution in [2.45, 2.75) is 102 Å². The molecule has 15 atom stereocenters. The summed E-state index contributed by atoms with van der Waals surface area (Å²) in [5, 5.41) is 74.0. The molecule has 10 heteroatoms. The molecule has 10 nitrogen and oxygen atoms in total. The fourth-order valence-electron chi connectivity index (χ4n) is 9.29. The van der Waals surface area contributed by atoms with Gasteiger partial charge in [-0.25, -0.2) is 0 Å². The minimum atomic E-state index is -1.53. The van der Waals surface area contributed by atoms with Crippen molar-refractivity contribution in [3.8, 4) is 0 Å². The van der Waals surface area contributed by atoms with Crippen LogP contribution in [0.1, 0.15) is 52.9 Å². The molecule has 1 spiro atoms. The molecule has 0 amide bonds. The van der Waals surface area contributed by atoms with Gasteiger partial charge in [-0.05, 0) is 48.3 Å². The van der Waals surface area contributed by atoms with Crippen molar-refractivity contribution in [3.05, 3.63) is 0 Å². The van der Waals surface area contributed by atoms with Crippen LogP contribution < -0.4 is 0 Å². The third-order valence-corrected chi connectivity index (χ3v) is 11.1. The lowest BCUT2D eigenvalue weighted by Crippen LogP contribution is -2.69. The molecule has 1 saturated heterocycles. The van der Waals surface area contributed by atoms with E-state index in [0.29, 0.717) is 12.8 Å². The lowest BCUT2D eigenvalue weighted by Gasteiger charge is -2.66. The quantitative estimate of drug-likeness (QED) is 0.245. The second-order valence-corrected chi connectivity index (χ2v) is 12.8. The van der Waals surface area contributed by atoms with E-state index in [1.165, 1.54) is 0 Å². The van der Waals surface area contributed by atoms with Crippen LogP contribution in [-0.4, -0.2) is 104 Å². The SMILES string of the molecule is CC1C(=O)C23C(O)CC4C(C)(COC5OC(CO)C(O)C(O)C5O)CCCC4(C)C2CC(O)C1C3O. The molecule has 36 heavy (non-hydrogen) atoms. The summed E-state index contributed by atoms with van der Waals surface area (Å²) in [5.74, 6) is -1.70. The summed E-state index contributed by atoms with van der Waals surface area (Å²) in [6.45, 7) is 5.48. The Hall–Kier alpha value is -0.690. The van der Waals surface area contributed by atoms with Gasteiger partial charge in [0.15, 0.2) is 6.29 Å². The monoisotopic (exact) mass is 514 g/mol. The van der Waals surface area contributed by atoms with E-state index in [4.69, 9.17) is 9.47 Å². The molecule has 1 heterocycles. The zero-order chi connectivity index (χ0) is 26.4. The van der Waals surface area contributed by atoms with Crippen molar-refractivity contribution in [3.63, 3.8) is 0 Å². The van der Waals surface area contributed by atoms with E-state index < -0.39 is 83.7 Å². The maximum atomic E-state index is 13.6. The predicted octanol–water partition coefficient (Wildman–Crippen LogP) is -1.06. The van der Waals surface area contributed by atoms with Crippen molar-refractivity contribution in [1.29, 1.82) is 0 Å². The Labute approximate surface area is 211 Å². The Kier molecular flexibility index (Phi) is 6.67. The molecular formula is C26H42O10. The van der Waals surface area contributed by atoms with Crippen molar-refractivity contribution in [1.82, 2.24) is 0 Å². The fourth-order valence-corrected chi connectivity index (χ4v) is 9.29. The zero-order valence-corrected chi connectivity index (χ0v) is 21.2. The molecule has 0 aromatic carbocycles. The van der Waals surface area contributed by atoms with Gasteiger partial charge < -0.3 is 45.2 Å². The number of fused-ring (bicyclic) bond motifs is 3. The van der Waals surface area contributed by atoms with E-state index in [0.717, 1.165) is 19.3 Å². The van der Waals surface area contributed by atoms with Gasteiger partial charge in [0.05, 0.1) is 36.9 Å². The minimum Gasteiger partial charge on any atom is -0.394 e. The second-order valence-electron chi connectivity index (χ2n) is 12.8. The van der Waals surface area contributed by atoms with Crippen molar-refractivity contribution < 1.29 is 50.0 Å². The first-order valence-electron chi connectivity index (χ1n) is 13.3. The van der Waals surface area contributed by atoms with Gasteiger partial charge in [-0.1, -0.05) is 27.2 Å². The van der Waals surface area contributed by atoms with E-state index in [1.807, 2.05) is 6.92 Å². The molecule has 0 aromatic rings. The third kappa shape index (κ3) is 3.39. The highest BCUT2D eigenvalue weighted by Gasteiger charge is 2.76. The smallest absolute Gasteiger partial charge is 0.186 e. The molecule has 4 aliphatic carbocycles. The number of Topliss-reactive ketones (excluding diaryl/α,β-unsaturated/α-hetero) is 1. The fraction of sp³-hybridized carbons (Fsp3) is 0.962. The van der Waals surface area contributed by atoms with Gasteiger partial charge in [0.1, 0.15) is 30.2 Å². The molecule has 5 aliphatic rings. The van der Waals surface area contributed by atoms with Crippen LogP contribution in [0, 0.1) is 39.9 Å². The van der Waals surface area contributed by atoms with Gasteiger partial charge in [0.25, 0.3) is 0 Å².